The Hall–Kier alpha value is -0.610. The van der Waals surface area contributed by atoms with Crippen LogP contribution in [0.25, 0.3) is 0 Å². The van der Waals surface area contributed by atoms with Crippen molar-refractivity contribution in [1.82, 2.24) is 10.2 Å². The second-order valence-corrected chi connectivity index (χ2v) is 7.91. The molecular weight excluding hydrogens is 262 g/mol. The summed E-state index contributed by atoms with van der Waals surface area (Å²) < 4.78 is 0. The molecule has 0 aromatic carbocycles. The molecule has 0 aromatic heterocycles. The van der Waals surface area contributed by atoms with E-state index in [0.717, 1.165) is 19.5 Å². The molecule has 0 saturated heterocycles. The van der Waals surface area contributed by atoms with Gasteiger partial charge in [0.25, 0.3) is 0 Å². The van der Waals surface area contributed by atoms with Crippen LogP contribution in [0.3, 0.4) is 0 Å². The van der Waals surface area contributed by atoms with E-state index >= 15 is 0 Å². The normalized spacial score (nSPS) is 20.0. The lowest BCUT2D eigenvalue weighted by Gasteiger charge is -2.37. The van der Waals surface area contributed by atoms with Crippen molar-refractivity contribution in [2.24, 2.45) is 17.6 Å². The molecule has 2 atom stereocenters. The number of hydrogen-bond acceptors (Lipinski definition) is 3. The first kappa shape index (κ1) is 18.4. The van der Waals surface area contributed by atoms with Gasteiger partial charge in [-0.25, -0.2) is 0 Å². The van der Waals surface area contributed by atoms with E-state index in [9.17, 15) is 4.79 Å². The quantitative estimate of drug-likeness (QED) is 0.651. The maximum Gasteiger partial charge on any atom is 0.237 e. The van der Waals surface area contributed by atoms with Gasteiger partial charge in [-0.2, -0.15) is 0 Å². The fraction of sp³-hybridized carbons (Fsp3) is 0.941. The van der Waals surface area contributed by atoms with Gasteiger partial charge in [0.2, 0.25) is 5.91 Å². The highest BCUT2D eigenvalue weighted by Gasteiger charge is 2.39. The van der Waals surface area contributed by atoms with Crippen molar-refractivity contribution < 1.29 is 4.79 Å². The van der Waals surface area contributed by atoms with E-state index in [2.05, 4.69) is 44.8 Å². The van der Waals surface area contributed by atoms with Gasteiger partial charge in [0.05, 0.1) is 5.54 Å². The van der Waals surface area contributed by atoms with Crippen molar-refractivity contribution in [2.45, 2.75) is 78.4 Å². The van der Waals surface area contributed by atoms with Crippen molar-refractivity contribution >= 4 is 5.91 Å². The number of rotatable bonds is 10. The summed E-state index contributed by atoms with van der Waals surface area (Å²) in [6.45, 7) is 15.3. The molecular formula is C17H35N3O. The standard InChI is InChI=1S/C17H35N3O/c1-12(2)10-20(11-13(3)4)14(5)9-17(6,16(18)21)19-15-7-8-15/h12-15,19H,7-11H2,1-6H3,(H2,18,21). The Kier molecular flexibility index (Phi) is 6.67. The number of amides is 1. The summed E-state index contributed by atoms with van der Waals surface area (Å²) in [5.41, 5.74) is 5.09. The van der Waals surface area contributed by atoms with Gasteiger partial charge < -0.3 is 16.0 Å². The molecule has 3 N–H and O–H groups in total. The smallest absolute Gasteiger partial charge is 0.237 e. The number of nitrogens with zero attached hydrogens (tertiary/aromatic N) is 1. The Morgan fingerprint density at radius 3 is 2.00 bits per heavy atom. The summed E-state index contributed by atoms with van der Waals surface area (Å²) in [4.78, 5) is 14.4. The lowest BCUT2D eigenvalue weighted by Crippen LogP contribution is -2.57. The zero-order valence-corrected chi connectivity index (χ0v) is 14.8. The summed E-state index contributed by atoms with van der Waals surface area (Å²) in [7, 11) is 0. The molecule has 2 unspecified atom stereocenters. The van der Waals surface area contributed by atoms with E-state index < -0.39 is 5.54 Å². The number of nitrogens with two attached hydrogens (primary N) is 1. The average Bonchev–Trinajstić information content (AvgIpc) is 3.10. The van der Waals surface area contributed by atoms with E-state index in [4.69, 9.17) is 5.73 Å². The first-order valence-corrected chi connectivity index (χ1v) is 8.45. The topological polar surface area (TPSA) is 58.4 Å². The van der Waals surface area contributed by atoms with Crippen LogP contribution in [0.1, 0.15) is 60.8 Å². The van der Waals surface area contributed by atoms with Crippen LogP contribution >= 0.6 is 0 Å². The zero-order valence-electron chi connectivity index (χ0n) is 14.8. The SMILES string of the molecule is CC(C)CN(CC(C)C)C(C)CC(C)(NC1CC1)C(N)=O. The molecule has 1 saturated carbocycles. The Labute approximate surface area is 130 Å². The molecule has 1 rings (SSSR count). The molecule has 0 spiro atoms. The minimum Gasteiger partial charge on any atom is -0.368 e. The van der Waals surface area contributed by atoms with Gasteiger partial charge in [0.1, 0.15) is 0 Å². The maximum atomic E-state index is 11.9. The summed E-state index contributed by atoms with van der Waals surface area (Å²) in [5, 5.41) is 3.46. The van der Waals surface area contributed by atoms with Crippen molar-refractivity contribution in [3.63, 3.8) is 0 Å². The summed E-state index contributed by atoms with van der Waals surface area (Å²) >= 11 is 0. The first-order valence-electron chi connectivity index (χ1n) is 8.45. The second-order valence-electron chi connectivity index (χ2n) is 7.91. The highest BCUT2D eigenvalue weighted by molar-refractivity contribution is 5.84. The summed E-state index contributed by atoms with van der Waals surface area (Å²) in [6.07, 6.45) is 3.11. The molecule has 4 heteroatoms. The number of carbonyl (C=O) groups excluding carboxylic acids is 1. The van der Waals surface area contributed by atoms with Crippen LogP contribution in [0.5, 0.6) is 0 Å². The lowest BCUT2D eigenvalue weighted by molar-refractivity contribution is -0.124. The predicted molar refractivity (Wildman–Crippen MR) is 89.1 cm³/mol. The van der Waals surface area contributed by atoms with Gasteiger partial charge in [-0.05, 0) is 44.9 Å². The number of carbonyl (C=O) groups is 1. The Morgan fingerprint density at radius 2 is 1.67 bits per heavy atom. The molecule has 0 aromatic rings. The number of nitrogens with one attached hydrogen (secondary N) is 1. The largest absolute Gasteiger partial charge is 0.368 e. The molecule has 1 aliphatic rings. The number of primary amides is 1. The Balaban J connectivity index is 2.70. The third kappa shape index (κ3) is 6.35. The van der Waals surface area contributed by atoms with E-state index in [1.165, 1.54) is 12.8 Å². The maximum absolute atomic E-state index is 11.9. The first-order chi connectivity index (χ1) is 9.64. The van der Waals surface area contributed by atoms with E-state index in [1.54, 1.807) is 0 Å². The molecule has 21 heavy (non-hydrogen) atoms. The highest BCUT2D eigenvalue weighted by atomic mass is 16.1. The van der Waals surface area contributed by atoms with Crippen molar-refractivity contribution in [2.75, 3.05) is 13.1 Å². The molecule has 1 aliphatic carbocycles. The monoisotopic (exact) mass is 297 g/mol. The van der Waals surface area contributed by atoms with Gasteiger partial charge in [0.15, 0.2) is 0 Å². The van der Waals surface area contributed by atoms with E-state index in [-0.39, 0.29) is 5.91 Å². The predicted octanol–water partition coefficient (Wildman–Crippen LogP) is 2.37. The zero-order chi connectivity index (χ0) is 16.2. The van der Waals surface area contributed by atoms with Crippen LogP contribution < -0.4 is 11.1 Å². The van der Waals surface area contributed by atoms with Crippen LogP contribution in [-0.2, 0) is 4.79 Å². The van der Waals surface area contributed by atoms with Crippen LogP contribution in [-0.4, -0.2) is 41.5 Å². The van der Waals surface area contributed by atoms with Crippen molar-refractivity contribution in [3.05, 3.63) is 0 Å². The second kappa shape index (κ2) is 7.59. The van der Waals surface area contributed by atoms with Gasteiger partial charge >= 0.3 is 0 Å². The Morgan fingerprint density at radius 1 is 1.19 bits per heavy atom. The molecule has 1 amide bonds. The molecule has 124 valence electrons. The van der Waals surface area contributed by atoms with E-state index in [0.29, 0.717) is 23.9 Å². The Bertz CT molecular complexity index is 329. The van der Waals surface area contributed by atoms with Crippen LogP contribution in [0.15, 0.2) is 0 Å². The van der Waals surface area contributed by atoms with Gasteiger partial charge in [0, 0.05) is 25.2 Å². The van der Waals surface area contributed by atoms with Gasteiger partial charge in [-0.15, -0.1) is 0 Å². The molecule has 0 aliphatic heterocycles. The van der Waals surface area contributed by atoms with Crippen LogP contribution in [0.4, 0.5) is 0 Å². The molecule has 4 nitrogen and oxygen atoms in total. The average molecular weight is 297 g/mol. The third-order valence-corrected chi connectivity index (χ3v) is 4.17. The highest BCUT2D eigenvalue weighted by Crippen LogP contribution is 2.26. The van der Waals surface area contributed by atoms with Crippen molar-refractivity contribution in [3.8, 4) is 0 Å². The minimum atomic E-state index is -0.590. The summed E-state index contributed by atoms with van der Waals surface area (Å²) in [6, 6.07) is 0.830. The van der Waals surface area contributed by atoms with Crippen LogP contribution in [0.2, 0.25) is 0 Å². The molecule has 1 fully saturated rings. The van der Waals surface area contributed by atoms with Gasteiger partial charge in [-0.3, -0.25) is 4.79 Å². The lowest BCUT2D eigenvalue weighted by atomic mass is 9.91. The fourth-order valence-corrected chi connectivity index (χ4v) is 3.00. The number of hydrogen-bond donors (Lipinski definition) is 2. The molecule has 0 heterocycles. The van der Waals surface area contributed by atoms with Crippen LogP contribution in [0, 0.1) is 11.8 Å². The fourth-order valence-electron chi connectivity index (χ4n) is 3.00. The summed E-state index contributed by atoms with van der Waals surface area (Å²) in [5.74, 6) is 1.03. The third-order valence-electron chi connectivity index (χ3n) is 4.17. The molecule has 0 bridgehead atoms. The van der Waals surface area contributed by atoms with Gasteiger partial charge in [-0.1, -0.05) is 27.7 Å². The van der Waals surface area contributed by atoms with Crippen molar-refractivity contribution in [1.29, 1.82) is 0 Å². The minimum absolute atomic E-state index is 0.227. The molecule has 0 radical (unpaired) electrons. The van der Waals surface area contributed by atoms with E-state index in [1.807, 2.05) is 6.92 Å².